The van der Waals surface area contributed by atoms with Gasteiger partial charge in [0, 0.05) is 13.1 Å². The first-order valence-electron chi connectivity index (χ1n) is 10.4. The Hall–Kier alpha value is -2.86. The zero-order valence-corrected chi connectivity index (χ0v) is 17.1. The second-order valence-electron chi connectivity index (χ2n) is 7.41. The molecule has 0 spiro atoms. The Kier molecular flexibility index (Phi) is 5.81. The fourth-order valence-electron chi connectivity index (χ4n) is 3.89. The molecule has 0 bridgehead atoms. The SMILES string of the molecule is CCN(CC)CCn1c(NC(=O)C2COc3ccccc3C2)nc2ccccc21. The summed E-state index contributed by atoms with van der Waals surface area (Å²) in [5, 5.41) is 3.07. The van der Waals surface area contributed by atoms with Crippen LogP contribution in [0.1, 0.15) is 19.4 Å². The maximum atomic E-state index is 13.0. The van der Waals surface area contributed by atoms with Crippen LogP contribution in [0.15, 0.2) is 48.5 Å². The molecule has 0 radical (unpaired) electrons. The van der Waals surface area contributed by atoms with Crippen molar-refractivity contribution in [3.8, 4) is 5.75 Å². The van der Waals surface area contributed by atoms with E-state index in [0.29, 0.717) is 19.0 Å². The van der Waals surface area contributed by atoms with E-state index in [-0.39, 0.29) is 11.8 Å². The molecule has 1 amide bonds. The van der Waals surface area contributed by atoms with Crippen LogP contribution >= 0.6 is 0 Å². The van der Waals surface area contributed by atoms with Crippen LogP contribution < -0.4 is 10.1 Å². The van der Waals surface area contributed by atoms with Crippen molar-refractivity contribution >= 4 is 22.9 Å². The number of nitrogens with one attached hydrogen (secondary N) is 1. The van der Waals surface area contributed by atoms with Gasteiger partial charge >= 0.3 is 0 Å². The van der Waals surface area contributed by atoms with Gasteiger partial charge in [0.1, 0.15) is 12.4 Å². The van der Waals surface area contributed by atoms with Gasteiger partial charge < -0.3 is 14.2 Å². The number of carbonyl (C=O) groups excluding carboxylic acids is 1. The summed E-state index contributed by atoms with van der Waals surface area (Å²) < 4.78 is 7.91. The summed E-state index contributed by atoms with van der Waals surface area (Å²) in [5.41, 5.74) is 3.02. The molecule has 0 fully saturated rings. The fraction of sp³-hybridized carbons (Fsp3) is 0.391. The van der Waals surface area contributed by atoms with Gasteiger partial charge in [-0.1, -0.05) is 44.2 Å². The van der Waals surface area contributed by atoms with Crippen LogP contribution in [0.2, 0.25) is 0 Å². The number of amides is 1. The monoisotopic (exact) mass is 392 g/mol. The third-order valence-corrected chi connectivity index (χ3v) is 5.67. The first-order valence-corrected chi connectivity index (χ1v) is 10.4. The first kappa shape index (κ1) is 19.5. The standard InChI is InChI=1S/C23H28N4O2/c1-3-26(4-2)13-14-27-20-11-7-6-10-19(20)24-23(27)25-22(28)18-15-17-9-5-8-12-21(17)29-16-18/h5-12,18H,3-4,13-16H2,1-2H3,(H,24,25,28). The van der Waals surface area contributed by atoms with Gasteiger partial charge in [-0.25, -0.2) is 4.98 Å². The average molecular weight is 393 g/mol. The van der Waals surface area contributed by atoms with Crippen molar-refractivity contribution < 1.29 is 9.53 Å². The van der Waals surface area contributed by atoms with Gasteiger partial charge in [-0.15, -0.1) is 0 Å². The Balaban J connectivity index is 1.54. The third-order valence-electron chi connectivity index (χ3n) is 5.67. The Morgan fingerprint density at radius 1 is 1.17 bits per heavy atom. The molecule has 2 heterocycles. The number of imidazole rings is 1. The number of hydrogen-bond acceptors (Lipinski definition) is 4. The Bertz CT molecular complexity index is 993. The number of fused-ring (bicyclic) bond motifs is 2. The summed E-state index contributed by atoms with van der Waals surface area (Å²) in [4.78, 5) is 20.1. The van der Waals surface area contributed by atoms with Crippen LogP contribution in [0.3, 0.4) is 0 Å². The lowest BCUT2D eigenvalue weighted by molar-refractivity contribution is -0.121. The molecule has 2 aromatic carbocycles. The number of hydrogen-bond donors (Lipinski definition) is 1. The van der Waals surface area contributed by atoms with Crippen molar-refractivity contribution in [2.75, 3.05) is 31.6 Å². The van der Waals surface area contributed by atoms with Gasteiger partial charge in [0.2, 0.25) is 11.9 Å². The highest BCUT2D eigenvalue weighted by Crippen LogP contribution is 2.28. The van der Waals surface area contributed by atoms with E-state index >= 15 is 0 Å². The highest BCUT2D eigenvalue weighted by molar-refractivity contribution is 5.93. The van der Waals surface area contributed by atoms with Gasteiger partial charge in [-0.3, -0.25) is 10.1 Å². The van der Waals surface area contributed by atoms with E-state index in [1.165, 1.54) is 0 Å². The first-order chi connectivity index (χ1) is 14.2. The van der Waals surface area contributed by atoms with Crippen LogP contribution in [0.25, 0.3) is 11.0 Å². The van der Waals surface area contributed by atoms with Crippen molar-refractivity contribution in [2.45, 2.75) is 26.8 Å². The summed E-state index contributed by atoms with van der Waals surface area (Å²) in [5.74, 6) is 1.23. The number of rotatable bonds is 7. The fourth-order valence-corrected chi connectivity index (χ4v) is 3.89. The van der Waals surface area contributed by atoms with Crippen LogP contribution in [-0.4, -0.2) is 46.6 Å². The number of benzene rings is 2. The van der Waals surface area contributed by atoms with Crippen LogP contribution in [-0.2, 0) is 17.8 Å². The maximum absolute atomic E-state index is 13.0. The second kappa shape index (κ2) is 8.66. The molecule has 1 N–H and O–H groups in total. The zero-order chi connectivity index (χ0) is 20.2. The quantitative estimate of drug-likeness (QED) is 0.668. The Labute approximate surface area is 171 Å². The molecule has 1 atom stereocenters. The minimum absolute atomic E-state index is 0.0427. The third kappa shape index (κ3) is 4.12. The molecule has 6 nitrogen and oxygen atoms in total. The molecule has 6 heteroatoms. The largest absolute Gasteiger partial charge is 0.492 e. The lowest BCUT2D eigenvalue weighted by atomic mass is 9.96. The summed E-state index contributed by atoms with van der Waals surface area (Å²) in [6, 6.07) is 15.9. The number of nitrogens with zero attached hydrogens (tertiary/aromatic N) is 3. The number of anilines is 1. The summed E-state index contributed by atoms with van der Waals surface area (Å²) in [6.45, 7) is 8.42. The number of aromatic nitrogens is 2. The molecule has 1 aliphatic heterocycles. The van der Waals surface area contributed by atoms with Gasteiger partial charge in [0.15, 0.2) is 0 Å². The van der Waals surface area contributed by atoms with Gasteiger partial charge in [0.05, 0.1) is 17.0 Å². The molecular weight excluding hydrogens is 364 g/mol. The molecule has 3 aromatic rings. The Morgan fingerprint density at radius 2 is 1.93 bits per heavy atom. The highest BCUT2D eigenvalue weighted by atomic mass is 16.5. The van der Waals surface area contributed by atoms with Crippen molar-refractivity contribution in [2.24, 2.45) is 5.92 Å². The molecule has 1 aromatic heterocycles. The van der Waals surface area contributed by atoms with Gasteiger partial charge in [-0.05, 0) is 43.3 Å². The predicted molar refractivity (Wildman–Crippen MR) is 115 cm³/mol. The average Bonchev–Trinajstić information content (AvgIpc) is 3.11. The number of likely N-dealkylation sites (N-methyl/N-ethyl adjacent to an activating group) is 1. The van der Waals surface area contributed by atoms with E-state index in [1.807, 2.05) is 42.5 Å². The molecule has 29 heavy (non-hydrogen) atoms. The number of ether oxygens (including phenoxy) is 1. The van der Waals surface area contributed by atoms with Crippen molar-refractivity contribution in [1.29, 1.82) is 0 Å². The minimum atomic E-state index is -0.221. The highest BCUT2D eigenvalue weighted by Gasteiger charge is 2.27. The molecule has 4 rings (SSSR count). The lowest BCUT2D eigenvalue weighted by Gasteiger charge is -2.24. The molecule has 0 saturated carbocycles. The van der Waals surface area contributed by atoms with Crippen molar-refractivity contribution in [3.63, 3.8) is 0 Å². The molecule has 152 valence electrons. The zero-order valence-electron chi connectivity index (χ0n) is 17.1. The molecule has 0 saturated heterocycles. The Morgan fingerprint density at radius 3 is 2.76 bits per heavy atom. The normalized spacial score (nSPS) is 15.9. The molecular formula is C23H28N4O2. The summed E-state index contributed by atoms with van der Waals surface area (Å²) >= 11 is 0. The van der Waals surface area contributed by atoms with Gasteiger partial charge in [-0.2, -0.15) is 0 Å². The van der Waals surface area contributed by atoms with E-state index in [2.05, 4.69) is 34.7 Å². The molecule has 1 aliphatic rings. The number of carbonyl (C=O) groups is 1. The maximum Gasteiger partial charge on any atom is 0.233 e. The van der Waals surface area contributed by atoms with Crippen molar-refractivity contribution in [3.05, 3.63) is 54.1 Å². The van der Waals surface area contributed by atoms with Crippen LogP contribution in [0, 0.1) is 5.92 Å². The second-order valence-corrected chi connectivity index (χ2v) is 7.41. The van der Waals surface area contributed by atoms with Crippen molar-refractivity contribution in [1.82, 2.24) is 14.5 Å². The summed E-state index contributed by atoms with van der Waals surface area (Å²) in [7, 11) is 0. The molecule has 1 unspecified atom stereocenters. The molecule has 0 aliphatic carbocycles. The van der Waals surface area contributed by atoms with E-state index in [4.69, 9.17) is 9.72 Å². The predicted octanol–water partition coefficient (Wildman–Crippen LogP) is 3.57. The smallest absolute Gasteiger partial charge is 0.233 e. The lowest BCUT2D eigenvalue weighted by Crippen LogP contribution is -2.33. The van der Waals surface area contributed by atoms with E-state index in [0.717, 1.165) is 48.5 Å². The minimum Gasteiger partial charge on any atom is -0.492 e. The summed E-state index contributed by atoms with van der Waals surface area (Å²) in [6.07, 6.45) is 0.682. The van der Waals surface area contributed by atoms with E-state index in [1.54, 1.807) is 0 Å². The van der Waals surface area contributed by atoms with E-state index < -0.39 is 0 Å². The van der Waals surface area contributed by atoms with Crippen LogP contribution in [0.5, 0.6) is 5.75 Å². The topological polar surface area (TPSA) is 59.4 Å². The van der Waals surface area contributed by atoms with Crippen LogP contribution in [0.4, 0.5) is 5.95 Å². The number of para-hydroxylation sites is 3. The van der Waals surface area contributed by atoms with E-state index in [9.17, 15) is 4.79 Å². The van der Waals surface area contributed by atoms with Gasteiger partial charge in [0.25, 0.3) is 0 Å².